The Balaban J connectivity index is 1.65. The standard InChI is InChI=1S/C30H29FN2O3/c1-21(2)27-17-26(29(34)32-18-22-13-15-25(31)16-14-22)28(35-19-23-9-5-3-6-10-23)30(33-27)36-20-24-11-7-4-8-12-24/h3-17,21H,18-20H2,1-2H3,(H,32,34). The lowest BCUT2D eigenvalue weighted by molar-refractivity contribution is 0.0944. The van der Waals surface area contributed by atoms with Gasteiger partial charge in [-0.05, 0) is 40.8 Å². The topological polar surface area (TPSA) is 60.5 Å². The molecule has 0 atom stereocenters. The lowest BCUT2D eigenvalue weighted by Gasteiger charge is -2.18. The third kappa shape index (κ3) is 6.69. The van der Waals surface area contributed by atoms with Gasteiger partial charge in [0.2, 0.25) is 0 Å². The zero-order valence-electron chi connectivity index (χ0n) is 20.4. The van der Waals surface area contributed by atoms with Crippen molar-refractivity contribution in [2.75, 3.05) is 0 Å². The molecule has 184 valence electrons. The second-order valence-electron chi connectivity index (χ2n) is 8.74. The van der Waals surface area contributed by atoms with Crippen molar-refractivity contribution in [2.45, 2.75) is 39.5 Å². The Bertz CT molecular complexity index is 1280. The quantitative estimate of drug-likeness (QED) is 0.282. The Morgan fingerprint density at radius 1 is 0.833 bits per heavy atom. The summed E-state index contributed by atoms with van der Waals surface area (Å²) in [5.74, 6) is -0.0200. The first-order valence-electron chi connectivity index (χ1n) is 11.9. The van der Waals surface area contributed by atoms with Gasteiger partial charge < -0.3 is 14.8 Å². The Hall–Kier alpha value is -4.19. The molecule has 1 aromatic heterocycles. The maximum atomic E-state index is 13.4. The summed E-state index contributed by atoms with van der Waals surface area (Å²) in [6.45, 7) is 4.80. The summed E-state index contributed by atoms with van der Waals surface area (Å²) in [6, 6.07) is 27.2. The van der Waals surface area contributed by atoms with Crippen LogP contribution in [0.3, 0.4) is 0 Å². The molecule has 3 aromatic carbocycles. The normalized spacial score (nSPS) is 10.8. The minimum absolute atomic E-state index is 0.0656. The van der Waals surface area contributed by atoms with Crippen LogP contribution in [0.5, 0.6) is 11.6 Å². The first kappa shape index (κ1) is 24.9. The maximum absolute atomic E-state index is 13.4. The van der Waals surface area contributed by atoms with Gasteiger partial charge in [0.15, 0.2) is 5.75 Å². The highest BCUT2D eigenvalue weighted by molar-refractivity contribution is 5.97. The molecule has 0 saturated carbocycles. The van der Waals surface area contributed by atoms with Gasteiger partial charge in [-0.25, -0.2) is 9.37 Å². The van der Waals surface area contributed by atoms with E-state index in [1.807, 2.05) is 74.5 Å². The largest absolute Gasteiger partial charge is 0.483 e. The van der Waals surface area contributed by atoms with Gasteiger partial charge in [-0.3, -0.25) is 4.79 Å². The van der Waals surface area contributed by atoms with Gasteiger partial charge >= 0.3 is 0 Å². The van der Waals surface area contributed by atoms with Crippen LogP contribution in [0.4, 0.5) is 4.39 Å². The van der Waals surface area contributed by atoms with E-state index in [-0.39, 0.29) is 49.0 Å². The van der Waals surface area contributed by atoms with Crippen LogP contribution in [0.25, 0.3) is 0 Å². The summed E-state index contributed by atoms with van der Waals surface area (Å²) in [4.78, 5) is 18.1. The van der Waals surface area contributed by atoms with Crippen LogP contribution < -0.4 is 14.8 Å². The average Bonchev–Trinajstić information content (AvgIpc) is 2.91. The van der Waals surface area contributed by atoms with Gasteiger partial charge in [-0.1, -0.05) is 86.6 Å². The number of carbonyl (C=O) groups is 1. The molecule has 0 radical (unpaired) electrons. The number of benzene rings is 3. The molecule has 6 heteroatoms. The van der Waals surface area contributed by atoms with E-state index in [0.717, 1.165) is 22.4 Å². The third-order valence-electron chi connectivity index (χ3n) is 5.61. The monoisotopic (exact) mass is 484 g/mol. The molecule has 1 heterocycles. The fourth-order valence-electron chi connectivity index (χ4n) is 3.57. The maximum Gasteiger partial charge on any atom is 0.258 e. The van der Waals surface area contributed by atoms with E-state index in [1.54, 1.807) is 18.2 Å². The summed E-state index contributed by atoms with van der Waals surface area (Å²) < 4.78 is 25.5. The summed E-state index contributed by atoms with van der Waals surface area (Å²) in [5.41, 5.74) is 3.78. The van der Waals surface area contributed by atoms with Crippen LogP contribution in [0.15, 0.2) is 91.0 Å². The highest BCUT2D eigenvalue weighted by Gasteiger charge is 2.22. The summed E-state index contributed by atoms with van der Waals surface area (Å²) in [5, 5.41) is 2.92. The van der Waals surface area contributed by atoms with Crippen LogP contribution >= 0.6 is 0 Å². The number of hydrogen-bond acceptors (Lipinski definition) is 4. The fourth-order valence-corrected chi connectivity index (χ4v) is 3.57. The molecule has 1 amide bonds. The molecular formula is C30H29FN2O3. The van der Waals surface area contributed by atoms with Crippen LogP contribution in [-0.4, -0.2) is 10.9 Å². The molecule has 1 N–H and O–H groups in total. The predicted molar refractivity (Wildman–Crippen MR) is 137 cm³/mol. The molecular weight excluding hydrogens is 455 g/mol. The van der Waals surface area contributed by atoms with E-state index in [4.69, 9.17) is 14.5 Å². The number of aromatic nitrogens is 1. The summed E-state index contributed by atoms with van der Waals surface area (Å²) in [7, 11) is 0. The number of halogens is 1. The van der Waals surface area contributed by atoms with Crippen LogP contribution in [0, 0.1) is 5.82 Å². The first-order valence-corrected chi connectivity index (χ1v) is 11.9. The average molecular weight is 485 g/mol. The van der Waals surface area contributed by atoms with Gasteiger partial charge in [0, 0.05) is 12.2 Å². The number of carbonyl (C=O) groups excluding carboxylic acids is 1. The van der Waals surface area contributed by atoms with Crippen molar-refractivity contribution >= 4 is 5.91 Å². The zero-order chi connectivity index (χ0) is 25.3. The van der Waals surface area contributed by atoms with Gasteiger partial charge in [0.05, 0.1) is 5.56 Å². The van der Waals surface area contributed by atoms with Gasteiger partial charge in [-0.2, -0.15) is 0 Å². The van der Waals surface area contributed by atoms with Crippen molar-refractivity contribution in [2.24, 2.45) is 0 Å². The lowest BCUT2D eigenvalue weighted by Crippen LogP contribution is -2.24. The van der Waals surface area contributed by atoms with Crippen molar-refractivity contribution in [1.82, 2.24) is 10.3 Å². The van der Waals surface area contributed by atoms with E-state index >= 15 is 0 Å². The molecule has 0 bridgehead atoms. The molecule has 36 heavy (non-hydrogen) atoms. The van der Waals surface area contributed by atoms with Gasteiger partial charge in [0.25, 0.3) is 11.8 Å². The molecule has 0 aliphatic rings. The summed E-state index contributed by atoms with van der Waals surface area (Å²) >= 11 is 0. The van der Waals surface area contributed by atoms with E-state index in [1.165, 1.54) is 12.1 Å². The van der Waals surface area contributed by atoms with Crippen molar-refractivity contribution in [3.63, 3.8) is 0 Å². The van der Waals surface area contributed by atoms with Crippen LogP contribution in [0.1, 0.15) is 52.5 Å². The molecule has 0 fully saturated rings. The van der Waals surface area contributed by atoms with Crippen LogP contribution in [0.2, 0.25) is 0 Å². The fraction of sp³-hybridized carbons (Fsp3) is 0.200. The number of nitrogens with one attached hydrogen (secondary N) is 1. The van der Waals surface area contributed by atoms with E-state index < -0.39 is 0 Å². The minimum Gasteiger partial charge on any atom is -0.483 e. The van der Waals surface area contributed by atoms with Gasteiger partial charge in [0.1, 0.15) is 19.0 Å². The molecule has 0 saturated heterocycles. The van der Waals surface area contributed by atoms with Crippen LogP contribution in [-0.2, 0) is 19.8 Å². The highest BCUT2D eigenvalue weighted by atomic mass is 19.1. The van der Waals surface area contributed by atoms with E-state index in [2.05, 4.69) is 5.32 Å². The minimum atomic E-state index is -0.323. The molecule has 4 rings (SSSR count). The molecule has 0 spiro atoms. The Kier molecular flexibility index (Phi) is 8.29. The number of rotatable bonds is 10. The third-order valence-corrected chi connectivity index (χ3v) is 5.61. The number of pyridine rings is 1. The smallest absolute Gasteiger partial charge is 0.258 e. The number of ether oxygens (including phenoxy) is 2. The van der Waals surface area contributed by atoms with E-state index in [9.17, 15) is 9.18 Å². The molecule has 0 aliphatic heterocycles. The van der Waals surface area contributed by atoms with Gasteiger partial charge in [-0.15, -0.1) is 0 Å². The second kappa shape index (κ2) is 12.0. The molecule has 0 unspecified atom stereocenters. The molecule has 5 nitrogen and oxygen atoms in total. The lowest BCUT2D eigenvalue weighted by atomic mass is 10.1. The Morgan fingerprint density at radius 3 is 2.00 bits per heavy atom. The first-order chi connectivity index (χ1) is 17.5. The summed E-state index contributed by atoms with van der Waals surface area (Å²) in [6.07, 6.45) is 0. The predicted octanol–water partition coefficient (Wildman–Crippen LogP) is 6.43. The van der Waals surface area contributed by atoms with Crippen molar-refractivity contribution < 1.29 is 18.7 Å². The highest BCUT2D eigenvalue weighted by Crippen LogP contribution is 2.34. The Labute approximate surface area is 210 Å². The van der Waals surface area contributed by atoms with E-state index in [0.29, 0.717) is 5.56 Å². The van der Waals surface area contributed by atoms with Crippen molar-refractivity contribution in [3.05, 3.63) is 125 Å². The zero-order valence-corrected chi connectivity index (χ0v) is 20.4. The number of nitrogens with zero attached hydrogens (tertiary/aromatic N) is 1. The van der Waals surface area contributed by atoms with Crippen molar-refractivity contribution in [3.8, 4) is 11.6 Å². The second-order valence-corrected chi connectivity index (χ2v) is 8.74. The SMILES string of the molecule is CC(C)c1cc(C(=O)NCc2ccc(F)cc2)c(OCc2ccccc2)c(OCc2ccccc2)n1. The Morgan fingerprint density at radius 2 is 1.42 bits per heavy atom. The molecule has 4 aromatic rings. The number of amides is 1. The van der Waals surface area contributed by atoms with Crippen molar-refractivity contribution in [1.29, 1.82) is 0 Å². The number of hydrogen-bond donors (Lipinski definition) is 1. The molecule has 0 aliphatic carbocycles.